The minimum atomic E-state index is -1.08. The van der Waals surface area contributed by atoms with Gasteiger partial charge >= 0.3 is 0 Å². The largest absolute Gasteiger partial charge is 0.493 e. The maximum Gasteiger partial charge on any atom is 0.119 e. The van der Waals surface area contributed by atoms with Crippen LogP contribution in [0, 0.1) is 5.92 Å². The van der Waals surface area contributed by atoms with Gasteiger partial charge in [0.2, 0.25) is 0 Å². The van der Waals surface area contributed by atoms with Crippen molar-refractivity contribution in [1.82, 2.24) is 0 Å². The number of para-hydroxylation sites is 1. The molecule has 4 atom stereocenters. The van der Waals surface area contributed by atoms with Crippen molar-refractivity contribution in [3.8, 4) is 5.75 Å². The fraction of sp³-hybridized carbons (Fsp3) is 0.538. The average molecular weight is 254 g/mol. The SMILES string of the molecule is OC[C@H]1OC[C@H](COc2ccccc2)[C@@H](O)[C@H]1O. The third kappa shape index (κ3) is 3.00. The molecule has 0 aromatic heterocycles. The van der Waals surface area contributed by atoms with Crippen molar-refractivity contribution in [2.75, 3.05) is 19.8 Å². The molecular formula is C13H18O5. The van der Waals surface area contributed by atoms with Gasteiger partial charge in [-0.2, -0.15) is 0 Å². The minimum absolute atomic E-state index is 0.260. The van der Waals surface area contributed by atoms with Crippen molar-refractivity contribution in [3.63, 3.8) is 0 Å². The van der Waals surface area contributed by atoms with E-state index in [1.807, 2.05) is 30.3 Å². The molecule has 18 heavy (non-hydrogen) atoms. The summed E-state index contributed by atoms with van der Waals surface area (Å²) in [6.07, 6.45) is -2.74. The summed E-state index contributed by atoms with van der Waals surface area (Å²) in [5.41, 5.74) is 0. The molecular weight excluding hydrogens is 236 g/mol. The molecule has 0 radical (unpaired) electrons. The number of ether oxygens (including phenoxy) is 2. The summed E-state index contributed by atoms with van der Waals surface area (Å²) in [5, 5.41) is 28.6. The predicted octanol–water partition coefficient (Wildman–Crippen LogP) is -0.206. The molecule has 1 aromatic rings. The van der Waals surface area contributed by atoms with E-state index in [0.717, 1.165) is 0 Å². The van der Waals surface area contributed by atoms with Crippen LogP contribution < -0.4 is 4.74 Å². The highest BCUT2D eigenvalue weighted by Gasteiger charge is 2.38. The van der Waals surface area contributed by atoms with Crippen LogP contribution in [0.2, 0.25) is 0 Å². The van der Waals surface area contributed by atoms with Crippen LogP contribution in [-0.4, -0.2) is 53.5 Å². The van der Waals surface area contributed by atoms with Crippen LogP contribution in [0.5, 0.6) is 5.75 Å². The number of hydrogen-bond acceptors (Lipinski definition) is 5. The van der Waals surface area contributed by atoms with E-state index in [4.69, 9.17) is 14.6 Å². The van der Waals surface area contributed by atoms with Gasteiger partial charge in [0.15, 0.2) is 0 Å². The highest BCUT2D eigenvalue weighted by molar-refractivity contribution is 5.20. The van der Waals surface area contributed by atoms with E-state index >= 15 is 0 Å². The Morgan fingerprint density at radius 2 is 1.89 bits per heavy atom. The molecule has 1 fully saturated rings. The molecule has 1 aliphatic heterocycles. The molecule has 0 unspecified atom stereocenters. The average Bonchev–Trinajstić information content (AvgIpc) is 2.42. The predicted molar refractivity (Wildman–Crippen MR) is 64.3 cm³/mol. The maximum atomic E-state index is 9.90. The summed E-state index contributed by atoms with van der Waals surface area (Å²) in [5.74, 6) is 0.409. The first-order valence-electron chi connectivity index (χ1n) is 5.99. The molecule has 0 saturated carbocycles. The summed E-state index contributed by atoms with van der Waals surface area (Å²) in [4.78, 5) is 0. The minimum Gasteiger partial charge on any atom is -0.493 e. The Bertz CT molecular complexity index is 356. The molecule has 0 aliphatic carbocycles. The van der Waals surface area contributed by atoms with Gasteiger partial charge in [0.1, 0.15) is 18.0 Å². The Kier molecular flexibility index (Phi) is 4.54. The zero-order chi connectivity index (χ0) is 13.0. The van der Waals surface area contributed by atoms with Gasteiger partial charge in [0.25, 0.3) is 0 Å². The summed E-state index contributed by atoms with van der Waals surface area (Å²) in [6, 6.07) is 9.26. The smallest absolute Gasteiger partial charge is 0.119 e. The molecule has 0 amide bonds. The lowest BCUT2D eigenvalue weighted by atomic mass is 9.93. The second-order valence-corrected chi connectivity index (χ2v) is 4.42. The summed E-state index contributed by atoms with van der Waals surface area (Å²) in [6.45, 7) is 0.223. The lowest BCUT2D eigenvalue weighted by molar-refractivity contribution is -0.179. The number of hydrogen-bond donors (Lipinski definition) is 3. The molecule has 5 heteroatoms. The Hall–Kier alpha value is -1.14. The summed E-state index contributed by atoms with van der Waals surface area (Å²) in [7, 11) is 0. The summed E-state index contributed by atoms with van der Waals surface area (Å²) >= 11 is 0. The van der Waals surface area contributed by atoms with Crippen molar-refractivity contribution in [1.29, 1.82) is 0 Å². The summed E-state index contributed by atoms with van der Waals surface area (Å²) < 4.78 is 10.8. The van der Waals surface area contributed by atoms with E-state index < -0.39 is 18.3 Å². The fourth-order valence-corrected chi connectivity index (χ4v) is 1.97. The molecule has 1 saturated heterocycles. The molecule has 2 rings (SSSR count). The molecule has 0 bridgehead atoms. The fourth-order valence-electron chi connectivity index (χ4n) is 1.97. The van der Waals surface area contributed by atoms with Crippen molar-refractivity contribution in [2.24, 2.45) is 5.92 Å². The van der Waals surface area contributed by atoms with Gasteiger partial charge in [0, 0.05) is 5.92 Å². The van der Waals surface area contributed by atoms with Crippen LogP contribution in [0.3, 0.4) is 0 Å². The van der Waals surface area contributed by atoms with Crippen LogP contribution in [0.4, 0.5) is 0 Å². The topological polar surface area (TPSA) is 79.2 Å². The highest BCUT2D eigenvalue weighted by atomic mass is 16.5. The van der Waals surface area contributed by atoms with Crippen LogP contribution in [-0.2, 0) is 4.74 Å². The molecule has 1 aliphatic rings. The number of aliphatic hydroxyl groups excluding tert-OH is 3. The van der Waals surface area contributed by atoms with Gasteiger partial charge in [-0.25, -0.2) is 0 Å². The standard InChI is InChI=1S/C13H18O5/c14-6-11-13(16)12(15)9(8-18-11)7-17-10-4-2-1-3-5-10/h1-5,9,11-16H,6-8H2/t9-,11+,12+,13-/m0/s1. The molecule has 1 aromatic carbocycles. The molecule has 0 spiro atoms. The van der Waals surface area contributed by atoms with Crippen LogP contribution in [0.25, 0.3) is 0 Å². The maximum absolute atomic E-state index is 9.90. The van der Waals surface area contributed by atoms with E-state index in [0.29, 0.717) is 5.75 Å². The third-order valence-electron chi connectivity index (χ3n) is 3.13. The van der Waals surface area contributed by atoms with E-state index in [-0.39, 0.29) is 25.7 Å². The monoisotopic (exact) mass is 254 g/mol. The van der Waals surface area contributed by atoms with Crippen LogP contribution in [0.15, 0.2) is 30.3 Å². The first kappa shape index (κ1) is 13.3. The van der Waals surface area contributed by atoms with E-state index in [1.54, 1.807) is 0 Å². The lowest BCUT2D eigenvalue weighted by Gasteiger charge is -2.36. The Balaban J connectivity index is 1.87. The molecule has 5 nitrogen and oxygen atoms in total. The lowest BCUT2D eigenvalue weighted by Crippen LogP contribution is -2.52. The Morgan fingerprint density at radius 1 is 1.17 bits per heavy atom. The van der Waals surface area contributed by atoms with Crippen molar-refractivity contribution in [3.05, 3.63) is 30.3 Å². The first-order valence-corrected chi connectivity index (χ1v) is 5.99. The molecule has 1 heterocycles. The zero-order valence-corrected chi connectivity index (χ0v) is 9.98. The van der Waals surface area contributed by atoms with Gasteiger partial charge in [-0.1, -0.05) is 18.2 Å². The quantitative estimate of drug-likeness (QED) is 0.693. The van der Waals surface area contributed by atoms with Crippen molar-refractivity contribution < 1.29 is 24.8 Å². The van der Waals surface area contributed by atoms with E-state index in [9.17, 15) is 10.2 Å². The van der Waals surface area contributed by atoms with Gasteiger partial charge in [-0.05, 0) is 12.1 Å². The normalized spacial score (nSPS) is 32.2. The Morgan fingerprint density at radius 3 is 2.56 bits per heavy atom. The van der Waals surface area contributed by atoms with Gasteiger partial charge < -0.3 is 24.8 Å². The van der Waals surface area contributed by atoms with Crippen molar-refractivity contribution >= 4 is 0 Å². The number of aliphatic hydroxyl groups is 3. The number of benzene rings is 1. The Labute approximate surface area is 106 Å². The second-order valence-electron chi connectivity index (χ2n) is 4.42. The highest BCUT2D eigenvalue weighted by Crippen LogP contribution is 2.21. The van der Waals surface area contributed by atoms with Crippen LogP contribution in [0.1, 0.15) is 0 Å². The zero-order valence-electron chi connectivity index (χ0n) is 9.98. The van der Waals surface area contributed by atoms with Gasteiger partial charge in [0.05, 0.1) is 25.9 Å². The second kappa shape index (κ2) is 6.15. The molecule has 100 valence electrons. The van der Waals surface area contributed by atoms with E-state index in [2.05, 4.69) is 0 Å². The van der Waals surface area contributed by atoms with Crippen molar-refractivity contribution in [2.45, 2.75) is 18.3 Å². The van der Waals surface area contributed by atoms with Gasteiger partial charge in [-0.3, -0.25) is 0 Å². The third-order valence-corrected chi connectivity index (χ3v) is 3.13. The van der Waals surface area contributed by atoms with Crippen LogP contribution >= 0.6 is 0 Å². The molecule has 3 N–H and O–H groups in total. The number of rotatable bonds is 4. The van der Waals surface area contributed by atoms with Gasteiger partial charge in [-0.15, -0.1) is 0 Å². The first-order chi connectivity index (χ1) is 8.72. The van der Waals surface area contributed by atoms with E-state index in [1.165, 1.54) is 0 Å².